The van der Waals surface area contributed by atoms with Crippen molar-refractivity contribution in [1.29, 1.82) is 0 Å². The molecule has 0 saturated carbocycles. The normalized spacial score (nSPS) is 15.5. The summed E-state index contributed by atoms with van der Waals surface area (Å²) in [6.07, 6.45) is 2.60. The van der Waals surface area contributed by atoms with Crippen molar-refractivity contribution in [1.82, 2.24) is 5.32 Å². The van der Waals surface area contributed by atoms with Crippen molar-refractivity contribution in [2.24, 2.45) is 0 Å². The van der Waals surface area contributed by atoms with Crippen LogP contribution in [0.5, 0.6) is 0 Å². The number of hydrogen-bond donors (Lipinski definition) is 1. The first-order valence-electron chi connectivity index (χ1n) is 7.27. The molecule has 122 valence electrons. The van der Waals surface area contributed by atoms with Gasteiger partial charge in [0.15, 0.2) is 0 Å². The molecule has 1 aromatic carbocycles. The van der Waals surface area contributed by atoms with Crippen molar-refractivity contribution in [3.63, 3.8) is 0 Å². The number of carbonyl (C=O) groups is 1. The van der Waals surface area contributed by atoms with E-state index in [1.807, 2.05) is 6.92 Å². The van der Waals surface area contributed by atoms with Crippen molar-refractivity contribution >= 4 is 21.6 Å². The highest BCUT2D eigenvalue weighted by Crippen LogP contribution is 2.30. The van der Waals surface area contributed by atoms with Gasteiger partial charge in [-0.2, -0.15) is 0 Å². The molecule has 0 spiro atoms. The van der Waals surface area contributed by atoms with Crippen LogP contribution in [0, 0.1) is 0 Å². The van der Waals surface area contributed by atoms with Gasteiger partial charge in [-0.15, -0.1) is 0 Å². The average molecular weight is 326 g/mol. The zero-order chi connectivity index (χ0) is 16.3. The molecule has 1 aliphatic rings. The fraction of sp³-hybridized carbons (Fsp3) is 0.533. The molecule has 0 radical (unpaired) electrons. The quantitative estimate of drug-likeness (QED) is 0.851. The summed E-state index contributed by atoms with van der Waals surface area (Å²) in [4.78, 5) is 12.3. The summed E-state index contributed by atoms with van der Waals surface area (Å²) < 4.78 is 29.9. The molecule has 1 N–H and O–H groups in total. The van der Waals surface area contributed by atoms with Gasteiger partial charge in [0, 0.05) is 19.2 Å². The van der Waals surface area contributed by atoms with Gasteiger partial charge in [0.1, 0.15) is 0 Å². The Morgan fingerprint density at radius 2 is 2.18 bits per heavy atom. The van der Waals surface area contributed by atoms with Crippen LogP contribution in [0.15, 0.2) is 18.2 Å². The Morgan fingerprint density at radius 1 is 1.45 bits per heavy atom. The van der Waals surface area contributed by atoms with E-state index in [2.05, 4.69) is 5.32 Å². The van der Waals surface area contributed by atoms with Crippen molar-refractivity contribution < 1.29 is 17.9 Å². The van der Waals surface area contributed by atoms with Crippen LogP contribution >= 0.6 is 0 Å². The predicted octanol–water partition coefficient (Wildman–Crippen LogP) is 1.16. The lowest BCUT2D eigenvalue weighted by molar-refractivity contribution is 0.0894. The number of sulfonamides is 1. The number of methoxy groups -OCH3 is 1. The number of nitrogens with zero attached hydrogens (tertiary/aromatic N) is 1. The number of anilines is 1. The Labute approximate surface area is 131 Å². The van der Waals surface area contributed by atoms with Crippen molar-refractivity contribution in [3.05, 3.63) is 29.3 Å². The molecule has 0 aliphatic carbocycles. The van der Waals surface area contributed by atoms with Gasteiger partial charge in [0.2, 0.25) is 10.0 Å². The fourth-order valence-corrected chi connectivity index (χ4v) is 3.55. The topological polar surface area (TPSA) is 75.7 Å². The minimum atomic E-state index is -3.26. The third-order valence-electron chi connectivity index (χ3n) is 3.79. The SMILES string of the molecule is CCC(COC)NC(=O)c1ccc2c(c1)CCN2S(C)(=O)=O. The summed E-state index contributed by atoms with van der Waals surface area (Å²) in [7, 11) is -1.66. The number of carbonyl (C=O) groups excluding carboxylic acids is 1. The van der Waals surface area contributed by atoms with Crippen LogP contribution in [0.4, 0.5) is 5.69 Å². The van der Waals surface area contributed by atoms with E-state index in [-0.39, 0.29) is 11.9 Å². The molecule has 0 bridgehead atoms. The number of nitrogens with one attached hydrogen (secondary N) is 1. The molecule has 22 heavy (non-hydrogen) atoms. The van der Waals surface area contributed by atoms with Gasteiger partial charge < -0.3 is 10.1 Å². The molecule has 2 rings (SSSR count). The standard InChI is InChI=1S/C15H22N2O4S/c1-4-13(10-21-2)16-15(18)12-5-6-14-11(9-12)7-8-17(14)22(3,19)20/h5-6,9,13H,4,7-8,10H2,1-3H3,(H,16,18). The van der Waals surface area contributed by atoms with Crippen molar-refractivity contribution in [2.45, 2.75) is 25.8 Å². The van der Waals surface area contributed by atoms with Gasteiger partial charge in [-0.05, 0) is 36.6 Å². The first-order valence-corrected chi connectivity index (χ1v) is 9.12. The maximum Gasteiger partial charge on any atom is 0.251 e. The predicted molar refractivity (Wildman–Crippen MR) is 85.8 cm³/mol. The Kier molecular flexibility index (Phi) is 5.08. The lowest BCUT2D eigenvalue weighted by atomic mass is 10.1. The van der Waals surface area contributed by atoms with Crippen LogP contribution in [-0.2, 0) is 21.2 Å². The summed E-state index contributed by atoms with van der Waals surface area (Å²) in [5.74, 6) is -0.162. The monoisotopic (exact) mass is 326 g/mol. The van der Waals surface area contributed by atoms with E-state index >= 15 is 0 Å². The van der Waals surface area contributed by atoms with E-state index in [9.17, 15) is 13.2 Å². The molecule has 7 heteroatoms. The highest BCUT2D eigenvalue weighted by Gasteiger charge is 2.26. The highest BCUT2D eigenvalue weighted by molar-refractivity contribution is 7.92. The molecular weight excluding hydrogens is 304 g/mol. The van der Waals surface area contributed by atoms with Gasteiger partial charge in [-0.1, -0.05) is 6.92 Å². The first kappa shape index (κ1) is 16.8. The van der Waals surface area contributed by atoms with Crippen LogP contribution < -0.4 is 9.62 Å². The Balaban J connectivity index is 2.17. The van der Waals surface area contributed by atoms with Crippen LogP contribution in [0.2, 0.25) is 0 Å². The Morgan fingerprint density at radius 3 is 2.77 bits per heavy atom. The minimum absolute atomic E-state index is 0.0294. The molecular formula is C15H22N2O4S. The average Bonchev–Trinajstić information content (AvgIpc) is 2.89. The van der Waals surface area contributed by atoms with Crippen LogP contribution in [0.1, 0.15) is 29.3 Å². The van der Waals surface area contributed by atoms with Crippen LogP contribution in [-0.4, -0.2) is 46.9 Å². The lowest BCUT2D eigenvalue weighted by Gasteiger charge is -2.18. The second-order valence-electron chi connectivity index (χ2n) is 5.46. The molecule has 6 nitrogen and oxygen atoms in total. The second kappa shape index (κ2) is 6.66. The Hall–Kier alpha value is -1.60. The van der Waals surface area contributed by atoms with Gasteiger partial charge in [-0.3, -0.25) is 9.10 Å². The number of hydrogen-bond acceptors (Lipinski definition) is 4. The molecule has 1 amide bonds. The van der Waals surface area contributed by atoms with Gasteiger partial charge in [0.25, 0.3) is 5.91 Å². The molecule has 0 saturated heterocycles. The third kappa shape index (κ3) is 3.59. The minimum Gasteiger partial charge on any atom is -0.383 e. The van der Waals surface area contributed by atoms with E-state index in [4.69, 9.17) is 4.74 Å². The Bertz CT molecular complexity index is 658. The van der Waals surface area contributed by atoms with Crippen LogP contribution in [0.25, 0.3) is 0 Å². The maximum atomic E-state index is 12.3. The second-order valence-corrected chi connectivity index (χ2v) is 7.37. The summed E-state index contributed by atoms with van der Waals surface area (Å²) in [5.41, 5.74) is 2.10. The summed E-state index contributed by atoms with van der Waals surface area (Å²) >= 11 is 0. The highest BCUT2D eigenvalue weighted by atomic mass is 32.2. The van der Waals surface area contributed by atoms with E-state index in [1.54, 1.807) is 25.3 Å². The largest absolute Gasteiger partial charge is 0.383 e. The number of fused-ring (bicyclic) bond motifs is 1. The zero-order valence-corrected chi connectivity index (χ0v) is 13.9. The number of amides is 1. The molecule has 0 aromatic heterocycles. The first-order chi connectivity index (χ1) is 10.4. The summed E-state index contributed by atoms with van der Waals surface area (Å²) in [6, 6.07) is 5.11. The van der Waals surface area contributed by atoms with Gasteiger partial charge in [-0.25, -0.2) is 8.42 Å². The van der Waals surface area contributed by atoms with Crippen molar-refractivity contribution in [3.8, 4) is 0 Å². The van der Waals surface area contributed by atoms with E-state index in [0.29, 0.717) is 30.8 Å². The summed E-state index contributed by atoms with van der Waals surface area (Å²) in [5, 5.41) is 2.92. The zero-order valence-electron chi connectivity index (χ0n) is 13.1. The number of ether oxygens (including phenoxy) is 1. The maximum absolute atomic E-state index is 12.3. The van der Waals surface area contributed by atoms with E-state index < -0.39 is 10.0 Å². The smallest absolute Gasteiger partial charge is 0.251 e. The number of benzene rings is 1. The molecule has 1 atom stereocenters. The van der Waals surface area contributed by atoms with E-state index in [0.717, 1.165) is 12.0 Å². The lowest BCUT2D eigenvalue weighted by Crippen LogP contribution is -2.37. The fourth-order valence-electron chi connectivity index (χ4n) is 2.59. The molecule has 1 aliphatic heterocycles. The molecule has 1 aromatic rings. The number of rotatable bonds is 6. The van der Waals surface area contributed by atoms with E-state index in [1.165, 1.54) is 10.6 Å². The third-order valence-corrected chi connectivity index (χ3v) is 4.97. The molecule has 0 fully saturated rings. The summed E-state index contributed by atoms with van der Waals surface area (Å²) in [6.45, 7) is 2.88. The van der Waals surface area contributed by atoms with Crippen LogP contribution in [0.3, 0.4) is 0 Å². The van der Waals surface area contributed by atoms with Gasteiger partial charge >= 0.3 is 0 Å². The van der Waals surface area contributed by atoms with Crippen molar-refractivity contribution in [2.75, 3.05) is 30.8 Å². The molecule has 1 unspecified atom stereocenters. The van der Waals surface area contributed by atoms with Gasteiger partial charge in [0.05, 0.1) is 24.6 Å². The molecule has 1 heterocycles.